The van der Waals surface area contributed by atoms with E-state index in [-0.39, 0.29) is 35.3 Å². The van der Waals surface area contributed by atoms with E-state index in [4.69, 9.17) is 16.3 Å². The smallest absolute Gasteiger partial charge is 0.226 e. The zero-order valence-electron chi connectivity index (χ0n) is 19.2. The van der Waals surface area contributed by atoms with Crippen LogP contribution >= 0.6 is 11.6 Å². The number of anilines is 1. The maximum absolute atomic E-state index is 14.2. The van der Waals surface area contributed by atoms with Gasteiger partial charge in [-0.15, -0.1) is 0 Å². The molecule has 4 rings (SSSR count). The lowest BCUT2D eigenvalue weighted by Crippen LogP contribution is -2.49. The maximum atomic E-state index is 14.2. The maximum Gasteiger partial charge on any atom is 0.226 e. The van der Waals surface area contributed by atoms with Crippen LogP contribution in [0.3, 0.4) is 0 Å². The highest BCUT2D eigenvalue weighted by Crippen LogP contribution is 2.44. The van der Waals surface area contributed by atoms with Crippen molar-refractivity contribution in [1.29, 1.82) is 0 Å². The number of nitrogens with zero attached hydrogens (tertiary/aromatic N) is 1. The fraction of sp³-hybridized carbons (Fsp3) is 0.462. The Morgan fingerprint density at radius 3 is 2.64 bits per heavy atom. The molecule has 1 saturated heterocycles. The van der Waals surface area contributed by atoms with Gasteiger partial charge in [-0.2, -0.15) is 0 Å². The van der Waals surface area contributed by atoms with Gasteiger partial charge in [0, 0.05) is 30.1 Å². The van der Waals surface area contributed by atoms with E-state index in [9.17, 15) is 14.0 Å². The number of benzene rings is 2. The number of hydrogen-bond acceptors (Lipinski definition) is 3. The van der Waals surface area contributed by atoms with E-state index in [1.807, 2.05) is 24.0 Å². The van der Waals surface area contributed by atoms with E-state index in [1.54, 1.807) is 25.3 Å². The molecule has 2 aliphatic rings. The number of piperidine rings is 1. The summed E-state index contributed by atoms with van der Waals surface area (Å²) in [6.07, 6.45) is 3.55. The third-order valence-corrected chi connectivity index (χ3v) is 7.23. The lowest BCUT2D eigenvalue weighted by atomic mass is 9.84. The fourth-order valence-electron chi connectivity index (χ4n) is 4.85. The van der Waals surface area contributed by atoms with Gasteiger partial charge < -0.3 is 15.0 Å². The molecule has 1 aliphatic carbocycles. The van der Waals surface area contributed by atoms with Crippen LogP contribution in [0.15, 0.2) is 36.4 Å². The van der Waals surface area contributed by atoms with Crippen molar-refractivity contribution >= 4 is 29.1 Å². The molecule has 2 aromatic carbocycles. The SMILES string of the molecule is COc1cc(NC(=O)C[C@H]2CC[C@@H](c3ccc(Cl)c(F)c3)N([C@H](C)C3CC3)C2=O)ccc1C. The molecule has 1 heterocycles. The second-order valence-electron chi connectivity index (χ2n) is 9.22. The minimum absolute atomic E-state index is 0.0300. The van der Waals surface area contributed by atoms with Gasteiger partial charge in [0.25, 0.3) is 0 Å². The molecule has 0 aromatic heterocycles. The van der Waals surface area contributed by atoms with Gasteiger partial charge in [0.15, 0.2) is 0 Å². The quantitative estimate of drug-likeness (QED) is 0.545. The normalized spacial score (nSPS) is 21.6. The van der Waals surface area contributed by atoms with Crippen molar-refractivity contribution in [3.8, 4) is 5.75 Å². The number of ether oxygens (including phenoxy) is 1. The van der Waals surface area contributed by atoms with E-state index in [0.29, 0.717) is 30.2 Å². The number of aryl methyl sites for hydroxylation is 1. The monoisotopic (exact) mass is 472 g/mol. The predicted molar refractivity (Wildman–Crippen MR) is 127 cm³/mol. The number of carbonyl (C=O) groups excluding carboxylic acids is 2. The van der Waals surface area contributed by atoms with Crippen LogP contribution in [-0.2, 0) is 9.59 Å². The molecule has 7 heteroatoms. The summed E-state index contributed by atoms with van der Waals surface area (Å²) in [5.41, 5.74) is 2.38. The Morgan fingerprint density at radius 1 is 1.21 bits per heavy atom. The van der Waals surface area contributed by atoms with Gasteiger partial charge in [0.05, 0.1) is 18.2 Å². The second-order valence-corrected chi connectivity index (χ2v) is 9.63. The molecule has 1 saturated carbocycles. The third kappa shape index (κ3) is 5.16. The first kappa shape index (κ1) is 23.6. The van der Waals surface area contributed by atoms with Crippen LogP contribution in [0.1, 0.15) is 56.2 Å². The minimum atomic E-state index is -0.476. The molecule has 2 fully saturated rings. The van der Waals surface area contributed by atoms with Crippen molar-refractivity contribution in [2.45, 2.75) is 58.0 Å². The summed E-state index contributed by atoms with van der Waals surface area (Å²) in [7, 11) is 1.59. The lowest BCUT2D eigenvalue weighted by molar-refractivity contribution is -0.147. The van der Waals surface area contributed by atoms with Crippen molar-refractivity contribution in [3.63, 3.8) is 0 Å². The van der Waals surface area contributed by atoms with E-state index in [1.165, 1.54) is 6.07 Å². The number of hydrogen-bond donors (Lipinski definition) is 1. The molecular formula is C26H30ClFN2O3. The van der Waals surface area contributed by atoms with Crippen molar-refractivity contribution in [2.75, 3.05) is 12.4 Å². The first-order valence-electron chi connectivity index (χ1n) is 11.5. The zero-order chi connectivity index (χ0) is 23.7. The molecular weight excluding hydrogens is 443 g/mol. The summed E-state index contributed by atoms with van der Waals surface area (Å²) in [5.74, 6) is 0.0553. The van der Waals surface area contributed by atoms with Crippen LogP contribution in [0.2, 0.25) is 5.02 Å². The molecule has 5 nitrogen and oxygen atoms in total. The van der Waals surface area contributed by atoms with Gasteiger partial charge in [-0.25, -0.2) is 4.39 Å². The highest BCUT2D eigenvalue weighted by atomic mass is 35.5. The summed E-state index contributed by atoms with van der Waals surface area (Å²) in [6.45, 7) is 4.00. The molecule has 33 heavy (non-hydrogen) atoms. The Bertz CT molecular complexity index is 1060. The number of likely N-dealkylation sites (tertiary alicyclic amines) is 1. The fourth-order valence-corrected chi connectivity index (χ4v) is 4.96. The van der Waals surface area contributed by atoms with Gasteiger partial charge in [-0.1, -0.05) is 23.7 Å². The molecule has 176 valence electrons. The average molecular weight is 473 g/mol. The number of methoxy groups -OCH3 is 1. The van der Waals surface area contributed by atoms with Crippen LogP contribution in [-0.4, -0.2) is 29.9 Å². The number of carbonyl (C=O) groups is 2. The highest BCUT2D eigenvalue weighted by Gasteiger charge is 2.43. The molecule has 1 aliphatic heterocycles. The Labute approximate surface area is 199 Å². The second kappa shape index (κ2) is 9.72. The number of rotatable bonds is 7. The standard InChI is InChI=1S/C26H30ClFN2O3/c1-15-4-9-20(14-24(15)33-3)29-25(31)13-19-8-11-23(18-7-10-21(27)22(28)12-18)30(26(19)32)16(2)17-5-6-17/h4,7,9-10,12,14,16-17,19,23H,5-6,8,11,13H2,1-3H3,(H,29,31)/t16-,19-,23+/m1/s1. The lowest BCUT2D eigenvalue weighted by Gasteiger charge is -2.43. The summed E-state index contributed by atoms with van der Waals surface area (Å²) in [6, 6.07) is 10.1. The van der Waals surface area contributed by atoms with Crippen LogP contribution < -0.4 is 10.1 Å². The van der Waals surface area contributed by atoms with Crippen LogP contribution in [0.5, 0.6) is 5.75 Å². The number of halogens is 2. The van der Waals surface area contributed by atoms with Gasteiger partial charge in [0.1, 0.15) is 11.6 Å². The summed E-state index contributed by atoms with van der Waals surface area (Å²) in [5, 5.41) is 2.97. The zero-order valence-corrected chi connectivity index (χ0v) is 20.0. The molecule has 0 spiro atoms. The topological polar surface area (TPSA) is 58.6 Å². The number of amides is 2. The van der Waals surface area contributed by atoms with E-state index in [2.05, 4.69) is 12.2 Å². The first-order chi connectivity index (χ1) is 15.8. The first-order valence-corrected chi connectivity index (χ1v) is 11.9. The molecule has 2 aromatic rings. The van der Waals surface area contributed by atoms with Crippen molar-refractivity contribution in [1.82, 2.24) is 4.90 Å². The average Bonchev–Trinajstić information content (AvgIpc) is 3.63. The Morgan fingerprint density at radius 2 is 1.97 bits per heavy atom. The van der Waals surface area contributed by atoms with Gasteiger partial charge in [0.2, 0.25) is 11.8 Å². The predicted octanol–water partition coefficient (Wildman–Crippen LogP) is 5.90. The molecule has 0 bridgehead atoms. The minimum Gasteiger partial charge on any atom is -0.496 e. The van der Waals surface area contributed by atoms with E-state index >= 15 is 0 Å². The highest BCUT2D eigenvalue weighted by molar-refractivity contribution is 6.30. The van der Waals surface area contributed by atoms with Crippen LogP contribution in [0.4, 0.5) is 10.1 Å². The Kier molecular flexibility index (Phi) is 6.94. The van der Waals surface area contributed by atoms with E-state index in [0.717, 1.165) is 24.0 Å². The molecule has 0 radical (unpaired) electrons. The third-order valence-electron chi connectivity index (χ3n) is 6.92. The Hall–Kier alpha value is -2.60. The van der Waals surface area contributed by atoms with Crippen LogP contribution in [0, 0.1) is 24.6 Å². The van der Waals surface area contributed by atoms with Crippen molar-refractivity contribution < 1.29 is 18.7 Å². The molecule has 1 N–H and O–H groups in total. The number of nitrogens with one attached hydrogen (secondary N) is 1. The van der Waals surface area contributed by atoms with Crippen molar-refractivity contribution in [3.05, 3.63) is 58.4 Å². The largest absolute Gasteiger partial charge is 0.496 e. The summed E-state index contributed by atoms with van der Waals surface area (Å²) >= 11 is 5.87. The Balaban J connectivity index is 1.49. The molecule has 2 amide bonds. The summed E-state index contributed by atoms with van der Waals surface area (Å²) in [4.78, 5) is 28.3. The van der Waals surface area contributed by atoms with Gasteiger partial charge in [-0.05, 0) is 74.8 Å². The molecule has 3 atom stereocenters. The van der Waals surface area contributed by atoms with Crippen LogP contribution in [0.25, 0.3) is 0 Å². The van der Waals surface area contributed by atoms with Crippen molar-refractivity contribution in [2.24, 2.45) is 11.8 Å². The van der Waals surface area contributed by atoms with Gasteiger partial charge >= 0.3 is 0 Å². The summed E-state index contributed by atoms with van der Waals surface area (Å²) < 4.78 is 19.5. The van der Waals surface area contributed by atoms with Gasteiger partial charge in [-0.3, -0.25) is 9.59 Å². The van der Waals surface area contributed by atoms with E-state index < -0.39 is 11.7 Å². The molecule has 0 unspecified atom stereocenters.